The van der Waals surface area contributed by atoms with Crippen molar-refractivity contribution >= 4 is 16.7 Å². The SMILES string of the molecule is Cc1ccccc1Oc1nncc2cc(-c3cc(C(N)=O)ccc3C)ccc12. The number of carbonyl (C=O) groups excluding carboxylic acids is 1. The third-order valence-electron chi connectivity index (χ3n) is 4.76. The van der Waals surface area contributed by atoms with Crippen LogP contribution < -0.4 is 10.5 Å². The number of rotatable bonds is 4. The predicted octanol–water partition coefficient (Wildman–Crippen LogP) is 4.80. The molecule has 0 aliphatic rings. The van der Waals surface area contributed by atoms with Gasteiger partial charge in [0.15, 0.2) is 0 Å². The molecule has 0 radical (unpaired) electrons. The first-order valence-electron chi connectivity index (χ1n) is 8.92. The Morgan fingerprint density at radius 2 is 1.79 bits per heavy atom. The van der Waals surface area contributed by atoms with Crippen molar-refractivity contribution in [3.63, 3.8) is 0 Å². The number of primary amides is 1. The molecule has 2 N–H and O–H groups in total. The number of ether oxygens (including phenoxy) is 1. The minimum absolute atomic E-state index is 0.443. The second kappa shape index (κ2) is 7.12. The minimum Gasteiger partial charge on any atom is -0.437 e. The third-order valence-corrected chi connectivity index (χ3v) is 4.76. The van der Waals surface area contributed by atoms with Gasteiger partial charge in [0, 0.05) is 16.3 Å². The molecule has 0 bridgehead atoms. The summed E-state index contributed by atoms with van der Waals surface area (Å²) >= 11 is 0. The first-order chi connectivity index (χ1) is 13.5. The van der Waals surface area contributed by atoms with E-state index in [1.165, 1.54) is 0 Å². The fourth-order valence-electron chi connectivity index (χ4n) is 3.17. The van der Waals surface area contributed by atoms with Crippen LogP contribution in [0.5, 0.6) is 11.6 Å². The molecule has 28 heavy (non-hydrogen) atoms. The van der Waals surface area contributed by atoms with Gasteiger partial charge in [-0.3, -0.25) is 4.79 Å². The van der Waals surface area contributed by atoms with E-state index >= 15 is 0 Å². The molecular weight excluding hydrogens is 350 g/mol. The van der Waals surface area contributed by atoms with E-state index in [0.29, 0.717) is 11.4 Å². The van der Waals surface area contributed by atoms with Crippen molar-refractivity contribution in [1.82, 2.24) is 10.2 Å². The number of hydrogen-bond donors (Lipinski definition) is 1. The normalized spacial score (nSPS) is 10.8. The standard InChI is InChI=1S/C23H19N3O2/c1-14-7-8-17(22(24)27)12-20(14)16-9-10-19-18(11-16)13-25-26-23(19)28-21-6-4-3-5-15(21)2/h3-13H,1-2H3,(H2,24,27). The fraction of sp³-hybridized carbons (Fsp3) is 0.0870. The summed E-state index contributed by atoms with van der Waals surface area (Å²) in [6, 6.07) is 19.2. The number of fused-ring (bicyclic) bond motifs is 1. The topological polar surface area (TPSA) is 78.1 Å². The molecule has 0 fully saturated rings. The molecule has 0 aliphatic carbocycles. The van der Waals surface area contributed by atoms with Crippen LogP contribution in [0.3, 0.4) is 0 Å². The van der Waals surface area contributed by atoms with E-state index in [2.05, 4.69) is 10.2 Å². The van der Waals surface area contributed by atoms with E-state index in [0.717, 1.165) is 38.8 Å². The van der Waals surface area contributed by atoms with Crippen molar-refractivity contribution in [3.8, 4) is 22.8 Å². The van der Waals surface area contributed by atoms with Crippen LogP contribution >= 0.6 is 0 Å². The van der Waals surface area contributed by atoms with E-state index in [-0.39, 0.29) is 0 Å². The van der Waals surface area contributed by atoms with Crippen LogP contribution in [0.2, 0.25) is 0 Å². The highest BCUT2D eigenvalue weighted by Crippen LogP contribution is 2.32. The van der Waals surface area contributed by atoms with Crippen LogP contribution in [0.15, 0.2) is 66.9 Å². The molecule has 138 valence electrons. The zero-order valence-electron chi connectivity index (χ0n) is 15.6. The lowest BCUT2D eigenvalue weighted by molar-refractivity contribution is 0.100. The van der Waals surface area contributed by atoms with Gasteiger partial charge in [0.2, 0.25) is 11.8 Å². The smallest absolute Gasteiger partial charge is 0.248 e. The molecule has 0 unspecified atom stereocenters. The van der Waals surface area contributed by atoms with E-state index in [9.17, 15) is 4.79 Å². The van der Waals surface area contributed by atoms with Crippen molar-refractivity contribution in [2.24, 2.45) is 5.73 Å². The number of aryl methyl sites for hydroxylation is 2. The molecule has 4 aromatic rings. The van der Waals surface area contributed by atoms with Crippen molar-refractivity contribution in [2.75, 3.05) is 0 Å². The van der Waals surface area contributed by atoms with Crippen molar-refractivity contribution in [3.05, 3.63) is 83.6 Å². The van der Waals surface area contributed by atoms with E-state index in [1.54, 1.807) is 12.3 Å². The quantitative estimate of drug-likeness (QED) is 0.560. The van der Waals surface area contributed by atoms with Crippen LogP contribution in [0.1, 0.15) is 21.5 Å². The maximum atomic E-state index is 11.5. The lowest BCUT2D eigenvalue weighted by Gasteiger charge is -2.11. The van der Waals surface area contributed by atoms with Crippen LogP contribution in [-0.4, -0.2) is 16.1 Å². The maximum Gasteiger partial charge on any atom is 0.248 e. The highest BCUT2D eigenvalue weighted by atomic mass is 16.5. The molecule has 4 rings (SSSR count). The monoisotopic (exact) mass is 369 g/mol. The number of carbonyl (C=O) groups is 1. The first-order valence-corrected chi connectivity index (χ1v) is 8.92. The summed E-state index contributed by atoms with van der Waals surface area (Å²) < 4.78 is 6.01. The Bertz CT molecular complexity index is 1200. The molecule has 0 aliphatic heterocycles. The first kappa shape index (κ1) is 17.7. The summed E-state index contributed by atoms with van der Waals surface area (Å²) in [6.07, 6.45) is 1.71. The average molecular weight is 369 g/mol. The Hall–Kier alpha value is -3.73. The molecule has 5 heteroatoms. The van der Waals surface area contributed by atoms with Crippen molar-refractivity contribution < 1.29 is 9.53 Å². The summed E-state index contributed by atoms with van der Waals surface area (Å²) in [6.45, 7) is 3.99. The molecule has 1 heterocycles. The van der Waals surface area contributed by atoms with Gasteiger partial charge in [-0.1, -0.05) is 30.3 Å². The maximum absolute atomic E-state index is 11.5. The van der Waals surface area contributed by atoms with Crippen molar-refractivity contribution in [1.29, 1.82) is 0 Å². The van der Waals surface area contributed by atoms with E-state index in [1.807, 2.05) is 68.4 Å². The summed E-state index contributed by atoms with van der Waals surface area (Å²) in [7, 11) is 0. The van der Waals surface area contributed by atoms with E-state index < -0.39 is 5.91 Å². The molecule has 5 nitrogen and oxygen atoms in total. The Kier molecular flexibility index (Phi) is 4.49. The number of nitrogens with two attached hydrogens (primary N) is 1. The Labute approximate surface area is 162 Å². The molecule has 0 saturated carbocycles. The van der Waals surface area contributed by atoms with Gasteiger partial charge < -0.3 is 10.5 Å². The third kappa shape index (κ3) is 3.30. The zero-order valence-corrected chi connectivity index (χ0v) is 15.6. The molecule has 0 spiro atoms. The Morgan fingerprint density at radius 3 is 2.57 bits per heavy atom. The number of amides is 1. The minimum atomic E-state index is -0.443. The fourth-order valence-corrected chi connectivity index (χ4v) is 3.17. The number of aromatic nitrogens is 2. The molecule has 1 aromatic heterocycles. The van der Waals surface area contributed by atoms with Crippen LogP contribution in [-0.2, 0) is 0 Å². The van der Waals surface area contributed by atoms with Gasteiger partial charge in [0.05, 0.1) is 6.20 Å². The van der Waals surface area contributed by atoms with Gasteiger partial charge in [-0.2, -0.15) is 5.10 Å². The molecule has 0 saturated heterocycles. The van der Waals surface area contributed by atoms with Crippen LogP contribution in [0.4, 0.5) is 0 Å². The Balaban J connectivity index is 1.78. The second-order valence-corrected chi connectivity index (χ2v) is 6.71. The zero-order chi connectivity index (χ0) is 19.7. The number of nitrogens with zero attached hydrogens (tertiary/aromatic N) is 2. The van der Waals surface area contributed by atoms with Crippen LogP contribution in [0, 0.1) is 13.8 Å². The second-order valence-electron chi connectivity index (χ2n) is 6.71. The average Bonchev–Trinajstić information content (AvgIpc) is 2.69. The highest BCUT2D eigenvalue weighted by molar-refractivity contribution is 5.95. The largest absolute Gasteiger partial charge is 0.437 e. The Morgan fingerprint density at radius 1 is 0.964 bits per heavy atom. The van der Waals surface area contributed by atoms with Crippen LogP contribution in [0.25, 0.3) is 21.9 Å². The molecular formula is C23H19N3O2. The van der Waals surface area contributed by atoms with Crippen molar-refractivity contribution in [2.45, 2.75) is 13.8 Å². The number of benzene rings is 3. The van der Waals surface area contributed by atoms with Gasteiger partial charge >= 0.3 is 0 Å². The van der Waals surface area contributed by atoms with Gasteiger partial charge in [-0.15, -0.1) is 5.10 Å². The highest BCUT2D eigenvalue weighted by Gasteiger charge is 2.11. The number of hydrogen-bond acceptors (Lipinski definition) is 4. The summed E-state index contributed by atoms with van der Waals surface area (Å²) in [5, 5.41) is 10.0. The molecule has 3 aromatic carbocycles. The van der Waals surface area contributed by atoms with E-state index in [4.69, 9.17) is 10.5 Å². The predicted molar refractivity (Wildman–Crippen MR) is 109 cm³/mol. The lowest BCUT2D eigenvalue weighted by atomic mass is 9.96. The van der Waals surface area contributed by atoms with Gasteiger partial charge in [0.25, 0.3) is 0 Å². The molecule has 0 atom stereocenters. The molecule has 1 amide bonds. The lowest BCUT2D eigenvalue weighted by Crippen LogP contribution is -2.10. The summed E-state index contributed by atoms with van der Waals surface area (Å²) in [4.78, 5) is 11.5. The van der Waals surface area contributed by atoms with Gasteiger partial charge in [-0.05, 0) is 66.4 Å². The van der Waals surface area contributed by atoms with Gasteiger partial charge in [0.1, 0.15) is 5.75 Å². The van der Waals surface area contributed by atoms with Gasteiger partial charge in [-0.25, -0.2) is 0 Å². The summed E-state index contributed by atoms with van der Waals surface area (Å²) in [5.41, 5.74) is 9.93. The number of para-hydroxylation sites is 1. The summed E-state index contributed by atoms with van der Waals surface area (Å²) in [5.74, 6) is 0.765.